The second-order valence-corrected chi connectivity index (χ2v) is 4.38. The Balaban J connectivity index is 2.90. The van der Waals surface area contributed by atoms with Gasteiger partial charge in [-0.3, -0.25) is 0 Å². The lowest BCUT2D eigenvalue weighted by Crippen LogP contribution is -2.09. The molecule has 0 radical (unpaired) electrons. The zero-order chi connectivity index (χ0) is 12.3. The SMILES string of the molecule is CC(Cl)CCc1ccc(F)c(C(F)(F)F)c1. The zero-order valence-electron chi connectivity index (χ0n) is 8.61. The van der Waals surface area contributed by atoms with Crippen LogP contribution in [-0.2, 0) is 12.6 Å². The number of hydrogen-bond donors (Lipinski definition) is 0. The Kier molecular flexibility index (Phi) is 4.19. The van der Waals surface area contributed by atoms with Crippen LogP contribution >= 0.6 is 11.6 Å². The van der Waals surface area contributed by atoms with E-state index < -0.39 is 17.6 Å². The average molecular weight is 255 g/mol. The fourth-order valence-corrected chi connectivity index (χ4v) is 1.42. The van der Waals surface area contributed by atoms with Crippen LogP contribution in [0.15, 0.2) is 18.2 Å². The smallest absolute Gasteiger partial charge is 0.206 e. The number of alkyl halides is 4. The van der Waals surface area contributed by atoms with Crippen molar-refractivity contribution in [2.45, 2.75) is 31.3 Å². The van der Waals surface area contributed by atoms with Crippen LogP contribution in [0.3, 0.4) is 0 Å². The third-order valence-electron chi connectivity index (χ3n) is 2.17. The van der Waals surface area contributed by atoms with Gasteiger partial charge in [-0.05, 0) is 37.5 Å². The maximum atomic E-state index is 12.9. The van der Waals surface area contributed by atoms with E-state index in [-0.39, 0.29) is 5.38 Å². The molecule has 0 N–H and O–H groups in total. The van der Waals surface area contributed by atoms with Crippen LogP contribution in [0.5, 0.6) is 0 Å². The second-order valence-electron chi connectivity index (χ2n) is 3.63. The van der Waals surface area contributed by atoms with Gasteiger partial charge in [-0.15, -0.1) is 11.6 Å². The number of halogens is 5. The highest BCUT2D eigenvalue weighted by atomic mass is 35.5. The molecule has 1 aromatic rings. The molecule has 0 aromatic heterocycles. The molecule has 0 aliphatic rings. The summed E-state index contributed by atoms with van der Waals surface area (Å²) in [7, 11) is 0. The van der Waals surface area contributed by atoms with Crippen LogP contribution in [0.4, 0.5) is 17.6 Å². The van der Waals surface area contributed by atoms with Gasteiger partial charge in [0.15, 0.2) is 0 Å². The lowest BCUT2D eigenvalue weighted by Gasteiger charge is -2.10. The molecular formula is C11H11ClF4. The molecule has 90 valence electrons. The molecule has 0 aliphatic heterocycles. The molecule has 1 unspecified atom stereocenters. The van der Waals surface area contributed by atoms with Gasteiger partial charge in [0.1, 0.15) is 5.82 Å². The third-order valence-corrected chi connectivity index (χ3v) is 2.39. The van der Waals surface area contributed by atoms with Crippen LogP contribution in [0.1, 0.15) is 24.5 Å². The van der Waals surface area contributed by atoms with E-state index >= 15 is 0 Å². The summed E-state index contributed by atoms with van der Waals surface area (Å²) in [6.45, 7) is 1.76. The molecule has 16 heavy (non-hydrogen) atoms. The quantitative estimate of drug-likeness (QED) is 0.554. The summed E-state index contributed by atoms with van der Waals surface area (Å²) in [5.41, 5.74) is -0.770. The van der Waals surface area contributed by atoms with Crippen molar-refractivity contribution < 1.29 is 17.6 Å². The normalized spacial score (nSPS) is 13.9. The molecule has 1 rings (SSSR count). The Morgan fingerprint density at radius 3 is 2.44 bits per heavy atom. The van der Waals surface area contributed by atoms with Crippen LogP contribution in [0.2, 0.25) is 0 Å². The molecule has 0 fully saturated rings. The van der Waals surface area contributed by atoms with Crippen molar-refractivity contribution in [1.82, 2.24) is 0 Å². The van der Waals surface area contributed by atoms with E-state index in [0.29, 0.717) is 18.4 Å². The number of aryl methyl sites for hydroxylation is 1. The fraction of sp³-hybridized carbons (Fsp3) is 0.455. The highest BCUT2D eigenvalue weighted by molar-refractivity contribution is 6.20. The van der Waals surface area contributed by atoms with E-state index in [1.165, 1.54) is 6.07 Å². The molecule has 0 saturated heterocycles. The van der Waals surface area contributed by atoms with E-state index in [1.54, 1.807) is 6.92 Å². The Hall–Kier alpha value is -0.770. The molecule has 0 aliphatic carbocycles. The van der Waals surface area contributed by atoms with Crippen LogP contribution in [-0.4, -0.2) is 5.38 Å². The van der Waals surface area contributed by atoms with Crippen LogP contribution < -0.4 is 0 Å². The molecule has 0 nitrogen and oxygen atoms in total. The minimum atomic E-state index is -4.65. The molecule has 1 aromatic carbocycles. The minimum absolute atomic E-state index is 0.112. The molecule has 0 heterocycles. The van der Waals surface area contributed by atoms with Crippen LogP contribution in [0, 0.1) is 5.82 Å². The molecular weight excluding hydrogens is 244 g/mol. The van der Waals surface area contributed by atoms with Crippen molar-refractivity contribution in [3.63, 3.8) is 0 Å². The first-order valence-electron chi connectivity index (χ1n) is 4.80. The highest BCUT2D eigenvalue weighted by Crippen LogP contribution is 2.32. The number of benzene rings is 1. The largest absolute Gasteiger partial charge is 0.419 e. The number of hydrogen-bond acceptors (Lipinski definition) is 0. The van der Waals surface area contributed by atoms with Gasteiger partial charge in [-0.2, -0.15) is 13.2 Å². The molecule has 5 heteroatoms. The Morgan fingerprint density at radius 1 is 1.31 bits per heavy atom. The molecule has 0 bridgehead atoms. The van der Waals surface area contributed by atoms with Crippen molar-refractivity contribution in [3.05, 3.63) is 35.1 Å². The summed E-state index contributed by atoms with van der Waals surface area (Å²) in [5.74, 6) is -1.24. The van der Waals surface area contributed by atoms with Crippen LogP contribution in [0.25, 0.3) is 0 Å². The Morgan fingerprint density at radius 2 is 1.94 bits per heavy atom. The third kappa shape index (κ3) is 3.67. The van der Waals surface area contributed by atoms with Gasteiger partial charge in [0.05, 0.1) is 5.56 Å². The lowest BCUT2D eigenvalue weighted by molar-refractivity contribution is -0.140. The maximum absolute atomic E-state index is 12.9. The first-order chi connectivity index (χ1) is 7.30. The summed E-state index contributed by atoms with van der Waals surface area (Å²) in [6, 6.07) is 3.04. The van der Waals surface area contributed by atoms with Gasteiger partial charge in [0.2, 0.25) is 0 Å². The Bertz CT molecular complexity index is 357. The molecule has 0 saturated carbocycles. The van der Waals surface area contributed by atoms with Crippen molar-refractivity contribution in [2.24, 2.45) is 0 Å². The van der Waals surface area contributed by atoms with E-state index in [1.807, 2.05) is 0 Å². The topological polar surface area (TPSA) is 0 Å². The average Bonchev–Trinajstić information content (AvgIpc) is 2.14. The van der Waals surface area contributed by atoms with Crippen molar-refractivity contribution in [2.75, 3.05) is 0 Å². The predicted molar refractivity (Wildman–Crippen MR) is 55.0 cm³/mol. The maximum Gasteiger partial charge on any atom is 0.419 e. The van der Waals surface area contributed by atoms with Gasteiger partial charge in [0.25, 0.3) is 0 Å². The zero-order valence-corrected chi connectivity index (χ0v) is 9.37. The molecule has 1 atom stereocenters. The highest BCUT2D eigenvalue weighted by Gasteiger charge is 2.34. The van der Waals surface area contributed by atoms with E-state index in [4.69, 9.17) is 11.6 Å². The summed E-state index contributed by atoms with van der Waals surface area (Å²) in [5, 5.41) is -0.112. The van der Waals surface area contributed by atoms with E-state index in [9.17, 15) is 17.6 Å². The van der Waals surface area contributed by atoms with Crippen molar-refractivity contribution >= 4 is 11.6 Å². The summed E-state index contributed by atoms with van der Waals surface area (Å²) in [4.78, 5) is 0. The van der Waals surface area contributed by atoms with Gasteiger partial charge < -0.3 is 0 Å². The number of rotatable bonds is 3. The van der Waals surface area contributed by atoms with Gasteiger partial charge >= 0.3 is 6.18 Å². The Labute approximate surface area is 96.2 Å². The van der Waals surface area contributed by atoms with Gasteiger partial charge in [0, 0.05) is 5.38 Å². The monoisotopic (exact) mass is 254 g/mol. The van der Waals surface area contributed by atoms with E-state index in [2.05, 4.69) is 0 Å². The second kappa shape index (κ2) is 5.04. The fourth-order valence-electron chi connectivity index (χ4n) is 1.31. The summed E-state index contributed by atoms with van der Waals surface area (Å²) in [6.07, 6.45) is -3.68. The molecule has 0 amide bonds. The van der Waals surface area contributed by atoms with Gasteiger partial charge in [-0.25, -0.2) is 4.39 Å². The van der Waals surface area contributed by atoms with E-state index in [0.717, 1.165) is 12.1 Å². The first-order valence-corrected chi connectivity index (χ1v) is 5.24. The van der Waals surface area contributed by atoms with Gasteiger partial charge in [-0.1, -0.05) is 6.07 Å². The summed E-state index contributed by atoms with van der Waals surface area (Å²) >= 11 is 5.69. The molecule has 0 spiro atoms. The standard InChI is InChI=1S/C11H11ClF4/c1-7(12)2-3-8-4-5-10(13)9(6-8)11(14,15)16/h4-7H,2-3H2,1H3. The van der Waals surface area contributed by atoms with Crippen molar-refractivity contribution in [3.8, 4) is 0 Å². The van der Waals surface area contributed by atoms with Crippen molar-refractivity contribution in [1.29, 1.82) is 0 Å². The summed E-state index contributed by atoms with van der Waals surface area (Å²) < 4.78 is 50.0. The first kappa shape index (κ1) is 13.3. The minimum Gasteiger partial charge on any atom is -0.206 e. The predicted octanol–water partition coefficient (Wildman–Crippen LogP) is 4.40. The lowest BCUT2D eigenvalue weighted by atomic mass is 10.0.